The van der Waals surface area contributed by atoms with E-state index in [-0.39, 0.29) is 5.97 Å². The van der Waals surface area contributed by atoms with Gasteiger partial charge in [-0.05, 0) is 19.9 Å². The summed E-state index contributed by atoms with van der Waals surface area (Å²) in [4.78, 5) is 16.2. The molecule has 0 atom stereocenters. The molecule has 3 rings (SSSR count). The Labute approximate surface area is 117 Å². The lowest BCUT2D eigenvalue weighted by atomic mass is 10.1. The number of aryl methyl sites for hydroxylation is 2. The number of esters is 1. The van der Waals surface area contributed by atoms with Crippen LogP contribution in [0.15, 0.2) is 30.5 Å². The van der Waals surface area contributed by atoms with Gasteiger partial charge in [0.05, 0.1) is 12.1 Å². The number of rotatable bonds is 2. The molecule has 1 aromatic carbocycles. The normalized spacial score (nSPS) is 11.2. The van der Waals surface area contributed by atoms with Crippen molar-refractivity contribution in [3.05, 3.63) is 41.7 Å². The van der Waals surface area contributed by atoms with Crippen molar-refractivity contribution < 1.29 is 9.53 Å². The van der Waals surface area contributed by atoms with Crippen LogP contribution in [-0.2, 0) is 11.8 Å². The molecule has 102 valence electrons. The Hall–Kier alpha value is -2.36. The van der Waals surface area contributed by atoms with E-state index >= 15 is 0 Å². The van der Waals surface area contributed by atoms with Gasteiger partial charge < -0.3 is 9.30 Å². The van der Waals surface area contributed by atoms with Gasteiger partial charge in [0.25, 0.3) is 0 Å². The molecule has 0 aliphatic carbocycles. The Morgan fingerprint density at radius 2 is 2.05 bits per heavy atom. The van der Waals surface area contributed by atoms with Gasteiger partial charge in [-0.2, -0.15) is 0 Å². The fraction of sp³-hybridized carbons (Fsp3) is 0.250. The quantitative estimate of drug-likeness (QED) is 0.670. The smallest absolute Gasteiger partial charge is 0.357 e. The zero-order valence-electron chi connectivity index (χ0n) is 11.8. The van der Waals surface area contributed by atoms with E-state index in [1.165, 1.54) is 0 Å². The Bertz CT molecular complexity index is 818. The molecule has 0 amide bonds. The van der Waals surface area contributed by atoms with Crippen LogP contribution in [0.2, 0.25) is 0 Å². The second-order valence-corrected chi connectivity index (χ2v) is 4.79. The molecule has 0 radical (unpaired) electrons. The van der Waals surface area contributed by atoms with Crippen LogP contribution < -0.4 is 0 Å². The summed E-state index contributed by atoms with van der Waals surface area (Å²) >= 11 is 0. The van der Waals surface area contributed by atoms with Gasteiger partial charge in [-0.3, -0.25) is 0 Å². The van der Waals surface area contributed by atoms with Crippen LogP contribution in [-0.4, -0.2) is 22.1 Å². The standard InChI is InChI=1S/C16H16N2O2/c1-4-20-16(19)14-10(2)15-12(9-17-14)11-7-5-6-8-13(11)18(15)3/h5-9H,4H2,1-3H3. The Balaban J connectivity index is 2.35. The fourth-order valence-corrected chi connectivity index (χ4v) is 2.75. The zero-order chi connectivity index (χ0) is 14.3. The maximum atomic E-state index is 11.9. The second-order valence-electron chi connectivity index (χ2n) is 4.79. The van der Waals surface area contributed by atoms with Crippen molar-refractivity contribution in [1.29, 1.82) is 0 Å². The first-order valence-corrected chi connectivity index (χ1v) is 6.65. The van der Waals surface area contributed by atoms with Crippen LogP contribution in [0, 0.1) is 6.92 Å². The lowest BCUT2D eigenvalue weighted by Crippen LogP contribution is -2.09. The highest BCUT2D eigenvalue weighted by atomic mass is 16.5. The van der Waals surface area contributed by atoms with Gasteiger partial charge in [-0.25, -0.2) is 9.78 Å². The monoisotopic (exact) mass is 268 g/mol. The van der Waals surface area contributed by atoms with Crippen LogP contribution in [0.1, 0.15) is 23.0 Å². The van der Waals surface area contributed by atoms with Gasteiger partial charge in [-0.1, -0.05) is 18.2 Å². The minimum atomic E-state index is -0.364. The number of hydrogen-bond acceptors (Lipinski definition) is 3. The molecule has 0 saturated carbocycles. The van der Waals surface area contributed by atoms with Crippen molar-refractivity contribution in [2.45, 2.75) is 13.8 Å². The second kappa shape index (κ2) is 4.63. The summed E-state index contributed by atoms with van der Waals surface area (Å²) < 4.78 is 7.16. The molecule has 3 aromatic rings. The first kappa shape index (κ1) is 12.7. The largest absolute Gasteiger partial charge is 0.461 e. The lowest BCUT2D eigenvalue weighted by Gasteiger charge is -2.07. The van der Waals surface area contributed by atoms with Gasteiger partial charge >= 0.3 is 5.97 Å². The number of ether oxygens (including phenoxy) is 1. The first-order chi connectivity index (χ1) is 9.65. The molecule has 0 aliphatic heterocycles. The van der Waals surface area contributed by atoms with E-state index in [9.17, 15) is 4.79 Å². The maximum absolute atomic E-state index is 11.9. The van der Waals surface area contributed by atoms with Crippen molar-refractivity contribution in [3.63, 3.8) is 0 Å². The third-order valence-electron chi connectivity index (χ3n) is 3.65. The van der Waals surface area contributed by atoms with Gasteiger partial charge in [0.2, 0.25) is 0 Å². The zero-order valence-corrected chi connectivity index (χ0v) is 11.8. The summed E-state index contributed by atoms with van der Waals surface area (Å²) in [6.45, 7) is 4.07. The van der Waals surface area contributed by atoms with Gasteiger partial charge in [-0.15, -0.1) is 0 Å². The summed E-state index contributed by atoms with van der Waals surface area (Å²) in [7, 11) is 2.01. The molecule has 0 bridgehead atoms. The summed E-state index contributed by atoms with van der Waals surface area (Å²) in [6, 6.07) is 8.16. The Morgan fingerprint density at radius 1 is 1.30 bits per heavy atom. The van der Waals surface area contributed by atoms with E-state index < -0.39 is 0 Å². The molecule has 4 nitrogen and oxygen atoms in total. The highest BCUT2D eigenvalue weighted by molar-refractivity contribution is 6.10. The van der Waals surface area contributed by atoms with Gasteiger partial charge in [0.15, 0.2) is 5.69 Å². The molecule has 2 aromatic heterocycles. The highest BCUT2D eigenvalue weighted by Crippen LogP contribution is 2.30. The molecule has 2 heterocycles. The van der Waals surface area contributed by atoms with E-state index in [0.717, 1.165) is 27.4 Å². The van der Waals surface area contributed by atoms with E-state index in [0.29, 0.717) is 12.3 Å². The molecular formula is C16H16N2O2. The molecule has 0 aliphatic rings. The molecular weight excluding hydrogens is 252 g/mol. The van der Waals surface area contributed by atoms with Crippen LogP contribution in [0.3, 0.4) is 0 Å². The number of pyridine rings is 1. The van der Waals surface area contributed by atoms with Crippen molar-refractivity contribution in [2.24, 2.45) is 7.05 Å². The van der Waals surface area contributed by atoms with Crippen molar-refractivity contribution in [1.82, 2.24) is 9.55 Å². The summed E-state index contributed by atoms with van der Waals surface area (Å²) in [5.74, 6) is -0.364. The third-order valence-corrected chi connectivity index (χ3v) is 3.65. The van der Waals surface area contributed by atoms with Crippen molar-refractivity contribution in [3.8, 4) is 0 Å². The maximum Gasteiger partial charge on any atom is 0.357 e. The molecule has 4 heteroatoms. The number of nitrogens with zero attached hydrogens (tertiary/aromatic N) is 2. The summed E-state index contributed by atoms with van der Waals surface area (Å²) in [6.07, 6.45) is 1.76. The predicted octanol–water partition coefficient (Wildman–Crippen LogP) is 3.21. The predicted molar refractivity (Wildman–Crippen MR) is 78.9 cm³/mol. The molecule has 0 unspecified atom stereocenters. The molecule has 0 saturated heterocycles. The number of carbonyl (C=O) groups is 1. The van der Waals surface area contributed by atoms with Crippen molar-refractivity contribution in [2.75, 3.05) is 6.61 Å². The number of aromatic nitrogens is 2. The summed E-state index contributed by atoms with van der Waals surface area (Å²) in [5.41, 5.74) is 3.42. The van der Waals surface area contributed by atoms with Gasteiger partial charge in [0, 0.05) is 35.1 Å². The molecule has 0 fully saturated rings. The number of fused-ring (bicyclic) bond motifs is 3. The Morgan fingerprint density at radius 3 is 2.80 bits per heavy atom. The fourth-order valence-electron chi connectivity index (χ4n) is 2.75. The molecule has 20 heavy (non-hydrogen) atoms. The van der Waals surface area contributed by atoms with E-state index in [1.54, 1.807) is 13.1 Å². The van der Waals surface area contributed by atoms with Gasteiger partial charge in [0.1, 0.15) is 0 Å². The topological polar surface area (TPSA) is 44.1 Å². The van der Waals surface area contributed by atoms with Crippen molar-refractivity contribution >= 4 is 27.8 Å². The number of benzene rings is 1. The average Bonchev–Trinajstić information content (AvgIpc) is 2.74. The minimum absolute atomic E-state index is 0.354. The van der Waals surface area contributed by atoms with E-state index in [1.807, 2.05) is 26.1 Å². The SMILES string of the molecule is CCOC(=O)c1ncc2c3ccccc3n(C)c2c1C. The molecule has 0 N–H and O–H groups in total. The third kappa shape index (κ3) is 1.68. The van der Waals surface area contributed by atoms with Crippen LogP contribution in [0.4, 0.5) is 0 Å². The van der Waals surface area contributed by atoms with Crippen LogP contribution in [0.25, 0.3) is 21.8 Å². The van der Waals surface area contributed by atoms with E-state index in [4.69, 9.17) is 4.74 Å². The first-order valence-electron chi connectivity index (χ1n) is 6.65. The van der Waals surface area contributed by atoms with Crippen LogP contribution in [0.5, 0.6) is 0 Å². The number of para-hydroxylation sites is 1. The lowest BCUT2D eigenvalue weighted by molar-refractivity contribution is 0.0519. The average molecular weight is 268 g/mol. The van der Waals surface area contributed by atoms with E-state index in [2.05, 4.69) is 21.7 Å². The summed E-state index contributed by atoms with van der Waals surface area (Å²) in [5, 5.41) is 2.21. The van der Waals surface area contributed by atoms with Crippen LogP contribution >= 0.6 is 0 Å². The molecule has 0 spiro atoms. The Kier molecular flexibility index (Phi) is 2.93. The minimum Gasteiger partial charge on any atom is -0.461 e. The number of carbonyl (C=O) groups excluding carboxylic acids is 1. The highest BCUT2D eigenvalue weighted by Gasteiger charge is 2.18. The number of hydrogen-bond donors (Lipinski definition) is 0.